The molecular formula is C22H38N6. The molecule has 1 aromatic rings. The van der Waals surface area contributed by atoms with Crippen LogP contribution >= 0.6 is 0 Å². The van der Waals surface area contributed by atoms with Crippen molar-refractivity contribution in [3.63, 3.8) is 0 Å². The fourth-order valence-electron chi connectivity index (χ4n) is 5.06. The molecule has 3 fully saturated rings. The van der Waals surface area contributed by atoms with Crippen LogP contribution in [-0.4, -0.2) is 78.2 Å². The molecule has 1 atom stereocenters. The van der Waals surface area contributed by atoms with Gasteiger partial charge in [0.05, 0.1) is 0 Å². The van der Waals surface area contributed by atoms with Gasteiger partial charge in [0, 0.05) is 37.9 Å². The highest BCUT2D eigenvalue weighted by Gasteiger charge is 2.27. The van der Waals surface area contributed by atoms with Crippen molar-refractivity contribution in [2.75, 3.05) is 56.5 Å². The molecule has 0 spiro atoms. The molecule has 4 heterocycles. The van der Waals surface area contributed by atoms with Crippen LogP contribution in [0.25, 0.3) is 0 Å². The van der Waals surface area contributed by atoms with Crippen LogP contribution in [0.4, 0.5) is 11.8 Å². The third-order valence-electron chi connectivity index (χ3n) is 6.81. The summed E-state index contributed by atoms with van der Waals surface area (Å²) < 4.78 is 0. The van der Waals surface area contributed by atoms with Crippen LogP contribution in [0.2, 0.25) is 0 Å². The van der Waals surface area contributed by atoms with Crippen LogP contribution in [0, 0.1) is 0 Å². The van der Waals surface area contributed by atoms with Crippen LogP contribution in [0.1, 0.15) is 57.8 Å². The van der Waals surface area contributed by atoms with Crippen molar-refractivity contribution in [3.05, 3.63) is 12.3 Å². The Morgan fingerprint density at radius 3 is 2.43 bits per heavy atom. The summed E-state index contributed by atoms with van der Waals surface area (Å²) in [5.41, 5.74) is 0. The van der Waals surface area contributed by atoms with E-state index in [4.69, 9.17) is 4.98 Å². The Balaban J connectivity index is 1.37. The van der Waals surface area contributed by atoms with Crippen molar-refractivity contribution in [3.8, 4) is 0 Å². The second-order valence-electron chi connectivity index (χ2n) is 9.01. The molecule has 156 valence electrons. The average Bonchev–Trinajstić information content (AvgIpc) is 3.12. The number of nitrogens with one attached hydrogen (secondary N) is 1. The second-order valence-corrected chi connectivity index (χ2v) is 9.01. The molecule has 0 radical (unpaired) electrons. The SMILES string of the molecule is CN1CCC(N2CCCCC(Nc3nccc(N4CCCCCC4)n3)C2)CC1. The number of hydrogen-bond acceptors (Lipinski definition) is 6. The van der Waals surface area contributed by atoms with Crippen molar-refractivity contribution in [2.24, 2.45) is 0 Å². The Morgan fingerprint density at radius 2 is 1.64 bits per heavy atom. The van der Waals surface area contributed by atoms with E-state index in [1.165, 1.54) is 77.4 Å². The van der Waals surface area contributed by atoms with Crippen molar-refractivity contribution in [1.82, 2.24) is 19.8 Å². The third-order valence-corrected chi connectivity index (χ3v) is 6.81. The quantitative estimate of drug-likeness (QED) is 0.857. The monoisotopic (exact) mass is 386 g/mol. The fourth-order valence-corrected chi connectivity index (χ4v) is 5.06. The summed E-state index contributed by atoms with van der Waals surface area (Å²) >= 11 is 0. The fraction of sp³-hybridized carbons (Fsp3) is 0.818. The molecule has 0 aliphatic carbocycles. The van der Waals surface area contributed by atoms with Gasteiger partial charge in [-0.3, -0.25) is 4.90 Å². The largest absolute Gasteiger partial charge is 0.356 e. The molecule has 6 nitrogen and oxygen atoms in total. The first-order chi connectivity index (χ1) is 13.8. The lowest BCUT2D eigenvalue weighted by Crippen LogP contribution is -2.47. The summed E-state index contributed by atoms with van der Waals surface area (Å²) in [4.78, 5) is 17.1. The minimum Gasteiger partial charge on any atom is -0.356 e. The zero-order valence-corrected chi connectivity index (χ0v) is 17.7. The Bertz CT molecular complexity index is 592. The van der Waals surface area contributed by atoms with Gasteiger partial charge in [0.25, 0.3) is 0 Å². The lowest BCUT2D eigenvalue weighted by molar-refractivity contribution is 0.122. The van der Waals surface area contributed by atoms with Crippen LogP contribution in [0.3, 0.4) is 0 Å². The molecule has 0 amide bonds. The number of aromatic nitrogens is 2. The van der Waals surface area contributed by atoms with Gasteiger partial charge in [0.15, 0.2) is 0 Å². The summed E-state index contributed by atoms with van der Waals surface area (Å²) in [5.74, 6) is 1.91. The smallest absolute Gasteiger partial charge is 0.224 e. The van der Waals surface area contributed by atoms with Crippen LogP contribution in [0.5, 0.6) is 0 Å². The molecule has 1 unspecified atom stereocenters. The van der Waals surface area contributed by atoms with Crippen LogP contribution in [0.15, 0.2) is 12.3 Å². The molecule has 28 heavy (non-hydrogen) atoms. The molecule has 1 aromatic heterocycles. The van der Waals surface area contributed by atoms with E-state index in [0.29, 0.717) is 6.04 Å². The molecule has 0 bridgehead atoms. The number of rotatable bonds is 4. The second kappa shape index (κ2) is 9.88. The number of anilines is 2. The Kier molecular flexibility index (Phi) is 7.02. The summed E-state index contributed by atoms with van der Waals surface area (Å²) in [6, 6.07) is 3.29. The van der Waals surface area contributed by atoms with E-state index >= 15 is 0 Å². The maximum absolute atomic E-state index is 4.89. The van der Waals surface area contributed by atoms with E-state index in [2.05, 4.69) is 38.1 Å². The highest BCUT2D eigenvalue weighted by atomic mass is 15.3. The van der Waals surface area contributed by atoms with Crippen LogP contribution in [-0.2, 0) is 0 Å². The molecular weight excluding hydrogens is 348 g/mol. The highest BCUT2D eigenvalue weighted by Crippen LogP contribution is 2.23. The van der Waals surface area contributed by atoms with E-state index in [-0.39, 0.29) is 0 Å². The Morgan fingerprint density at radius 1 is 0.893 bits per heavy atom. The van der Waals surface area contributed by atoms with Gasteiger partial charge in [-0.15, -0.1) is 0 Å². The predicted octanol–water partition coefficient (Wildman–Crippen LogP) is 3.22. The van der Waals surface area contributed by atoms with Crippen molar-refractivity contribution in [2.45, 2.75) is 69.9 Å². The molecule has 3 saturated heterocycles. The van der Waals surface area contributed by atoms with Gasteiger partial charge in [0.1, 0.15) is 5.82 Å². The Hall–Kier alpha value is -1.40. The molecule has 3 aliphatic rings. The van der Waals surface area contributed by atoms with Gasteiger partial charge in [-0.1, -0.05) is 19.3 Å². The highest BCUT2D eigenvalue weighted by molar-refractivity contribution is 5.43. The van der Waals surface area contributed by atoms with Crippen molar-refractivity contribution >= 4 is 11.8 Å². The first-order valence-corrected chi connectivity index (χ1v) is 11.5. The predicted molar refractivity (Wildman–Crippen MR) is 116 cm³/mol. The summed E-state index contributed by atoms with van der Waals surface area (Å²) in [6.45, 7) is 7.11. The van der Waals surface area contributed by atoms with E-state index in [1.807, 2.05) is 6.20 Å². The van der Waals surface area contributed by atoms with Crippen molar-refractivity contribution in [1.29, 1.82) is 0 Å². The average molecular weight is 387 g/mol. The van der Waals surface area contributed by atoms with E-state index in [1.54, 1.807) is 0 Å². The minimum atomic E-state index is 0.460. The topological polar surface area (TPSA) is 47.5 Å². The first-order valence-electron chi connectivity index (χ1n) is 11.5. The van der Waals surface area contributed by atoms with E-state index in [9.17, 15) is 0 Å². The summed E-state index contributed by atoms with van der Waals surface area (Å²) in [5, 5.41) is 3.69. The number of nitrogens with zero attached hydrogens (tertiary/aromatic N) is 5. The number of piperidine rings is 1. The van der Waals surface area contributed by atoms with Gasteiger partial charge in [-0.2, -0.15) is 4.98 Å². The standard InChI is InChI=1S/C22H38N6/c1-26-16-10-20(11-17-26)28-15-7-4-8-19(18-28)24-22-23-12-9-21(25-22)27-13-5-2-3-6-14-27/h9,12,19-20H,2-8,10-11,13-18H2,1H3,(H,23,24,25). The van der Waals surface area contributed by atoms with Gasteiger partial charge < -0.3 is 15.1 Å². The zero-order chi connectivity index (χ0) is 19.2. The van der Waals surface area contributed by atoms with Crippen LogP contribution < -0.4 is 10.2 Å². The van der Waals surface area contributed by atoms with E-state index in [0.717, 1.165) is 37.4 Å². The van der Waals surface area contributed by atoms with Gasteiger partial charge >= 0.3 is 0 Å². The van der Waals surface area contributed by atoms with E-state index < -0.39 is 0 Å². The maximum atomic E-state index is 4.89. The first kappa shape index (κ1) is 19.9. The number of hydrogen-bond donors (Lipinski definition) is 1. The normalized spacial score (nSPS) is 26.6. The minimum absolute atomic E-state index is 0.460. The Labute approximate surface area is 170 Å². The third kappa shape index (κ3) is 5.35. The molecule has 3 aliphatic heterocycles. The molecule has 0 aromatic carbocycles. The zero-order valence-electron chi connectivity index (χ0n) is 17.7. The summed E-state index contributed by atoms with van der Waals surface area (Å²) in [6.07, 6.45) is 13.6. The van der Waals surface area contributed by atoms with Gasteiger partial charge in [0.2, 0.25) is 5.95 Å². The number of likely N-dealkylation sites (tertiary alicyclic amines) is 2. The molecule has 0 saturated carbocycles. The lowest BCUT2D eigenvalue weighted by Gasteiger charge is -2.38. The molecule has 6 heteroatoms. The lowest BCUT2D eigenvalue weighted by atomic mass is 10.0. The molecule has 1 N–H and O–H groups in total. The molecule has 4 rings (SSSR count). The maximum Gasteiger partial charge on any atom is 0.224 e. The summed E-state index contributed by atoms with van der Waals surface area (Å²) in [7, 11) is 2.25. The van der Waals surface area contributed by atoms with Crippen molar-refractivity contribution < 1.29 is 0 Å². The van der Waals surface area contributed by atoms with Gasteiger partial charge in [-0.25, -0.2) is 4.98 Å². The van der Waals surface area contributed by atoms with Gasteiger partial charge in [-0.05, 0) is 71.3 Å².